The summed E-state index contributed by atoms with van der Waals surface area (Å²) in [6.45, 7) is 4.48. The first-order valence-electron chi connectivity index (χ1n) is 9.69. The van der Waals surface area contributed by atoms with Gasteiger partial charge >= 0.3 is 0 Å². The second-order valence-electron chi connectivity index (χ2n) is 6.41. The number of anilines is 1. The van der Waals surface area contributed by atoms with E-state index in [1.54, 1.807) is 32.0 Å². The van der Waals surface area contributed by atoms with E-state index < -0.39 is 20.9 Å². The van der Waals surface area contributed by atoms with Crippen molar-refractivity contribution in [2.75, 3.05) is 38.6 Å². The molecule has 168 valence electrons. The topological polar surface area (TPSA) is 131 Å². The summed E-state index contributed by atoms with van der Waals surface area (Å²) in [6.07, 6.45) is 0. The predicted molar refractivity (Wildman–Crippen MR) is 117 cm³/mol. The van der Waals surface area contributed by atoms with Crippen LogP contribution in [0.25, 0.3) is 0 Å². The number of methoxy groups -OCH3 is 1. The maximum Gasteiger partial charge on any atom is 0.292 e. The highest BCUT2D eigenvalue weighted by Crippen LogP contribution is 2.25. The lowest BCUT2D eigenvalue weighted by Gasteiger charge is -2.19. The van der Waals surface area contributed by atoms with Crippen LogP contribution >= 0.6 is 0 Å². The van der Waals surface area contributed by atoms with Crippen molar-refractivity contribution in [1.29, 1.82) is 0 Å². The Morgan fingerprint density at radius 3 is 2.42 bits per heavy atom. The Bertz CT molecular complexity index is 1040. The first kappa shape index (κ1) is 24.1. The Kier molecular flexibility index (Phi) is 8.34. The minimum atomic E-state index is -3.73. The Balaban J connectivity index is 2.12. The quantitative estimate of drug-likeness (QED) is 0.305. The second kappa shape index (κ2) is 10.7. The molecular formula is C20H26N4O6S. The number of hydrogen-bond acceptors (Lipinski definition) is 7. The van der Waals surface area contributed by atoms with E-state index in [4.69, 9.17) is 4.74 Å². The van der Waals surface area contributed by atoms with Gasteiger partial charge in [0.1, 0.15) is 11.4 Å². The summed E-state index contributed by atoms with van der Waals surface area (Å²) >= 11 is 0. The lowest BCUT2D eigenvalue weighted by atomic mass is 10.2. The molecule has 10 nitrogen and oxygen atoms in total. The van der Waals surface area contributed by atoms with Crippen molar-refractivity contribution in [3.8, 4) is 5.75 Å². The van der Waals surface area contributed by atoms with E-state index in [1.807, 2.05) is 0 Å². The van der Waals surface area contributed by atoms with Crippen LogP contribution in [0, 0.1) is 10.1 Å². The molecule has 1 amide bonds. The molecule has 0 radical (unpaired) electrons. The van der Waals surface area contributed by atoms with Crippen molar-refractivity contribution in [2.45, 2.75) is 18.7 Å². The van der Waals surface area contributed by atoms with Crippen LogP contribution in [0.4, 0.5) is 11.4 Å². The highest BCUT2D eigenvalue weighted by molar-refractivity contribution is 7.89. The molecule has 0 aromatic heterocycles. The number of benzene rings is 2. The lowest BCUT2D eigenvalue weighted by molar-refractivity contribution is -0.384. The molecule has 0 aliphatic rings. The Labute approximate surface area is 181 Å². The van der Waals surface area contributed by atoms with Gasteiger partial charge in [0.05, 0.1) is 22.5 Å². The average Bonchev–Trinajstić information content (AvgIpc) is 2.76. The summed E-state index contributed by atoms with van der Waals surface area (Å²) in [7, 11) is -2.35. The van der Waals surface area contributed by atoms with Gasteiger partial charge in [-0.1, -0.05) is 26.0 Å². The van der Waals surface area contributed by atoms with Gasteiger partial charge in [0.15, 0.2) is 0 Å². The third-order valence-corrected chi connectivity index (χ3v) is 6.63. The fourth-order valence-corrected chi connectivity index (χ4v) is 4.47. The highest BCUT2D eigenvalue weighted by Gasteiger charge is 2.24. The molecule has 0 heterocycles. The molecule has 0 unspecified atom stereocenters. The number of ether oxygens (including phenoxy) is 1. The number of amides is 1. The number of nitro benzene ring substituents is 1. The first-order chi connectivity index (χ1) is 14.8. The van der Waals surface area contributed by atoms with Crippen molar-refractivity contribution in [2.24, 2.45) is 0 Å². The largest absolute Gasteiger partial charge is 0.496 e. The third-order valence-electron chi connectivity index (χ3n) is 4.59. The SMILES string of the molecule is CCN(CC)S(=O)(=O)c1ccc(OC)c(C(=O)NCCNc2ccccc2[N+](=O)[O-])c1. The molecule has 2 aromatic carbocycles. The standard InChI is InChI=1S/C20H26N4O6S/c1-4-23(5-2)31(28,29)15-10-11-19(30-3)16(14-15)20(25)22-13-12-21-17-8-6-7-9-18(17)24(26)27/h6-11,14,21H,4-5,12-13H2,1-3H3,(H,22,25). The van der Waals surface area contributed by atoms with E-state index in [0.717, 1.165) is 0 Å². The van der Waals surface area contributed by atoms with Gasteiger partial charge < -0.3 is 15.4 Å². The highest BCUT2D eigenvalue weighted by atomic mass is 32.2. The smallest absolute Gasteiger partial charge is 0.292 e. The number of carbonyl (C=O) groups is 1. The molecule has 11 heteroatoms. The van der Waals surface area contributed by atoms with Crippen LogP contribution in [0.3, 0.4) is 0 Å². The van der Waals surface area contributed by atoms with Crippen LogP contribution in [0.15, 0.2) is 47.4 Å². The first-order valence-corrected chi connectivity index (χ1v) is 11.1. The minimum absolute atomic E-state index is 0.000172. The van der Waals surface area contributed by atoms with Gasteiger partial charge in [0, 0.05) is 32.2 Å². The van der Waals surface area contributed by atoms with Crippen molar-refractivity contribution in [3.05, 3.63) is 58.1 Å². The third kappa shape index (κ3) is 5.70. The van der Waals surface area contributed by atoms with Crippen molar-refractivity contribution >= 4 is 27.3 Å². The maximum absolute atomic E-state index is 12.8. The summed E-state index contributed by atoms with van der Waals surface area (Å²) in [5.41, 5.74) is 0.359. The van der Waals surface area contributed by atoms with Crippen LogP contribution in [0.1, 0.15) is 24.2 Å². The second-order valence-corrected chi connectivity index (χ2v) is 8.35. The zero-order chi connectivity index (χ0) is 23.0. The molecular weight excluding hydrogens is 424 g/mol. The molecule has 0 saturated carbocycles. The number of rotatable bonds is 11. The summed E-state index contributed by atoms with van der Waals surface area (Å²) in [5, 5.41) is 16.6. The monoisotopic (exact) mass is 450 g/mol. The van der Waals surface area contributed by atoms with Gasteiger partial charge in [0.25, 0.3) is 11.6 Å². The van der Waals surface area contributed by atoms with Crippen molar-refractivity contribution in [1.82, 2.24) is 9.62 Å². The van der Waals surface area contributed by atoms with Crippen LogP contribution in [-0.4, -0.2) is 56.8 Å². The number of carbonyl (C=O) groups excluding carboxylic acids is 1. The molecule has 0 saturated heterocycles. The number of nitrogens with zero attached hydrogens (tertiary/aromatic N) is 2. The van der Waals surface area contributed by atoms with Gasteiger partial charge in [0.2, 0.25) is 10.0 Å². The number of sulfonamides is 1. The fourth-order valence-electron chi connectivity index (χ4n) is 2.99. The number of nitro groups is 1. The molecule has 0 fully saturated rings. The van der Waals surface area contributed by atoms with E-state index in [-0.39, 0.29) is 35.0 Å². The molecule has 2 rings (SSSR count). The molecule has 0 aliphatic heterocycles. The molecule has 0 spiro atoms. The summed E-state index contributed by atoms with van der Waals surface area (Å²) in [6, 6.07) is 10.3. The Morgan fingerprint density at radius 2 is 1.81 bits per heavy atom. The van der Waals surface area contributed by atoms with Crippen LogP contribution in [-0.2, 0) is 10.0 Å². The average molecular weight is 451 g/mol. The number of para-hydroxylation sites is 2. The molecule has 0 bridgehead atoms. The molecule has 0 aliphatic carbocycles. The van der Waals surface area contributed by atoms with E-state index >= 15 is 0 Å². The lowest BCUT2D eigenvalue weighted by Crippen LogP contribution is -2.32. The summed E-state index contributed by atoms with van der Waals surface area (Å²) < 4.78 is 32.0. The van der Waals surface area contributed by atoms with Gasteiger partial charge in [-0.25, -0.2) is 8.42 Å². The number of hydrogen-bond donors (Lipinski definition) is 2. The van der Waals surface area contributed by atoms with E-state index in [2.05, 4.69) is 10.6 Å². The normalized spacial score (nSPS) is 11.2. The van der Waals surface area contributed by atoms with E-state index in [9.17, 15) is 23.3 Å². The van der Waals surface area contributed by atoms with Crippen molar-refractivity contribution in [3.63, 3.8) is 0 Å². The van der Waals surface area contributed by atoms with Gasteiger partial charge in [-0.05, 0) is 24.3 Å². The van der Waals surface area contributed by atoms with E-state index in [1.165, 1.54) is 35.7 Å². The minimum Gasteiger partial charge on any atom is -0.496 e. The summed E-state index contributed by atoms with van der Waals surface area (Å²) in [4.78, 5) is 23.2. The van der Waals surface area contributed by atoms with Gasteiger partial charge in [-0.2, -0.15) is 4.31 Å². The van der Waals surface area contributed by atoms with Gasteiger partial charge in [-0.15, -0.1) is 0 Å². The Hall–Kier alpha value is -3.18. The predicted octanol–water partition coefficient (Wildman–Crippen LogP) is 2.48. The van der Waals surface area contributed by atoms with E-state index in [0.29, 0.717) is 18.8 Å². The zero-order valence-corrected chi connectivity index (χ0v) is 18.4. The van der Waals surface area contributed by atoms with Crippen LogP contribution in [0.5, 0.6) is 5.75 Å². The summed E-state index contributed by atoms with van der Waals surface area (Å²) in [5.74, 6) is -0.277. The van der Waals surface area contributed by atoms with Crippen LogP contribution in [0.2, 0.25) is 0 Å². The van der Waals surface area contributed by atoms with Gasteiger partial charge in [-0.3, -0.25) is 14.9 Å². The zero-order valence-electron chi connectivity index (χ0n) is 17.6. The maximum atomic E-state index is 12.8. The molecule has 31 heavy (non-hydrogen) atoms. The molecule has 2 N–H and O–H groups in total. The molecule has 2 aromatic rings. The van der Waals surface area contributed by atoms with Crippen LogP contribution < -0.4 is 15.4 Å². The number of nitrogens with one attached hydrogen (secondary N) is 2. The van der Waals surface area contributed by atoms with Crippen molar-refractivity contribution < 1.29 is 22.9 Å². The fraction of sp³-hybridized carbons (Fsp3) is 0.350. The molecule has 0 atom stereocenters. The Morgan fingerprint density at radius 1 is 1.13 bits per heavy atom.